The molecule has 4 heterocycles. The van der Waals surface area contributed by atoms with E-state index in [1.165, 1.54) is 5.56 Å². The summed E-state index contributed by atoms with van der Waals surface area (Å²) in [5.41, 5.74) is 4.71. The lowest BCUT2D eigenvalue weighted by Gasteiger charge is -2.10. The first kappa shape index (κ1) is 12.4. The zero-order valence-electron chi connectivity index (χ0n) is 11.1. The third-order valence-corrected chi connectivity index (χ3v) is 3.16. The molecule has 0 radical (unpaired) electrons. The van der Waals surface area contributed by atoms with E-state index in [9.17, 15) is 0 Å². The fourth-order valence-corrected chi connectivity index (χ4v) is 2.12. The van der Waals surface area contributed by atoms with Crippen LogP contribution in [0.2, 0.25) is 0 Å². The van der Waals surface area contributed by atoms with E-state index in [0.717, 1.165) is 29.9 Å². The number of hydrogen-bond acceptors (Lipinski definition) is 4. The molecular weight excluding hydrogens is 248 g/mol. The second-order valence-corrected chi connectivity index (χ2v) is 4.53. The van der Waals surface area contributed by atoms with Crippen molar-refractivity contribution in [3.05, 3.63) is 72.6 Å². The second-order valence-electron chi connectivity index (χ2n) is 4.53. The number of rotatable bonds is 0. The number of fused-ring (bicyclic) bond motifs is 2. The average Bonchev–Trinajstić information content (AvgIpc) is 2.56. The average molecular weight is 264 g/mol. The Balaban J connectivity index is 0.000000121. The third kappa shape index (κ3) is 2.85. The molecule has 4 heteroatoms. The highest BCUT2D eigenvalue weighted by Crippen LogP contribution is 2.17. The molecule has 0 spiro atoms. The van der Waals surface area contributed by atoms with Gasteiger partial charge in [0, 0.05) is 18.8 Å². The van der Waals surface area contributed by atoms with Crippen LogP contribution in [-0.4, -0.2) is 9.97 Å². The van der Waals surface area contributed by atoms with E-state index in [4.69, 9.17) is 0 Å². The SMILES string of the molecule is C1=CNc2cccnc2C1.C1=CNc2cnccc2C1. The first-order chi connectivity index (χ1) is 9.93. The largest absolute Gasteiger partial charge is 0.361 e. The zero-order valence-corrected chi connectivity index (χ0v) is 11.1. The van der Waals surface area contributed by atoms with Gasteiger partial charge in [-0.15, -0.1) is 0 Å². The molecule has 0 saturated heterocycles. The summed E-state index contributed by atoms with van der Waals surface area (Å²) in [6.07, 6.45) is 15.5. The van der Waals surface area contributed by atoms with Crippen molar-refractivity contribution in [3.8, 4) is 0 Å². The van der Waals surface area contributed by atoms with E-state index < -0.39 is 0 Å². The van der Waals surface area contributed by atoms with Gasteiger partial charge in [0.2, 0.25) is 0 Å². The molecule has 0 saturated carbocycles. The summed E-state index contributed by atoms with van der Waals surface area (Å²) in [6, 6.07) is 6.00. The molecule has 2 aromatic rings. The minimum absolute atomic E-state index is 0.948. The third-order valence-electron chi connectivity index (χ3n) is 3.16. The van der Waals surface area contributed by atoms with Crippen molar-refractivity contribution < 1.29 is 0 Å². The van der Waals surface area contributed by atoms with Crippen LogP contribution in [0.5, 0.6) is 0 Å². The highest BCUT2D eigenvalue weighted by atomic mass is 14.9. The van der Waals surface area contributed by atoms with Gasteiger partial charge in [-0.05, 0) is 42.6 Å². The van der Waals surface area contributed by atoms with Gasteiger partial charge in [-0.3, -0.25) is 9.97 Å². The Bertz CT molecular complexity index is 535. The van der Waals surface area contributed by atoms with E-state index >= 15 is 0 Å². The molecule has 4 rings (SSSR count). The summed E-state index contributed by atoms with van der Waals surface area (Å²) >= 11 is 0. The van der Waals surface area contributed by atoms with Crippen molar-refractivity contribution in [1.82, 2.24) is 9.97 Å². The Morgan fingerprint density at radius 1 is 0.900 bits per heavy atom. The van der Waals surface area contributed by atoms with Gasteiger partial charge in [-0.1, -0.05) is 12.2 Å². The maximum Gasteiger partial charge on any atom is 0.0676 e. The number of aromatic nitrogens is 2. The summed E-state index contributed by atoms with van der Waals surface area (Å²) in [7, 11) is 0. The van der Waals surface area contributed by atoms with Crippen molar-refractivity contribution in [2.75, 3.05) is 10.6 Å². The topological polar surface area (TPSA) is 49.8 Å². The Morgan fingerprint density at radius 3 is 2.60 bits per heavy atom. The molecular formula is C16H16N4. The maximum atomic E-state index is 4.21. The monoisotopic (exact) mass is 264 g/mol. The second kappa shape index (κ2) is 6.02. The highest BCUT2D eigenvalue weighted by molar-refractivity contribution is 5.54. The molecule has 0 unspecified atom stereocenters. The molecule has 0 atom stereocenters. The van der Waals surface area contributed by atoms with Gasteiger partial charge in [-0.25, -0.2) is 0 Å². The van der Waals surface area contributed by atoms with E-state index in [0.29, 0.717) is 0 Å². The molecule has 0 fully saturated rings. The van der Waals surface area contributed by atoms with Crippen molar-refractivity contribution in [1.29, 1.82) is 0 Å². The number of pyridine rings is 2. The number of anilines is 2. The van der Waals surface area contributed by atoms with E-state index in [1.807, 2.05) is 49.2 Å². The van der Waals surface area contributed by atoms with Crippen LogP contribution < -0.4 is 10.6 Å². The number of allylic oxidation sites excluding steroid dienone is 2. The highest BCUT2D eigenvalue weighted by Gasteiger charge is 2.02. The van der Waals surface area contributed by atoms with Gasteiger partial charge in [0.15, 0.2) is 0 Å². The lowest BCUT2D eigenvalue weighted by atomic mass is 10.1. The predicted molar refractivity (Wildman–Crippen MR) is 81.4 cm³/mol. The van der Waals surface area contributed by atoms with Crippen molar-refractivity contribution in [2.45, 2.75) is 12.8 Å². The standard InChI is InChI=1S/2C8H8N2/c1-3-7-8(9-5-1)4-2-6-10-7;1-2-7-3-5-9-6-8(7)10-4-1/h1-3,5-6,10H,4H2;1,3-6,10H,2H2. The van der Waals surface area contributed by atoms with Gasteiger partial charge < -0.3 is 10.6 Å². The fourth-order valence-electron chi connectivity index (χ4n) is 2.12. The molecule has 2 N–H and O–H groups in total. The molecule has 2 aliphatic heterocycles. The normalized spacial score (nSPS) is 14.0. The summed E-state index contributed by atoms with van der Waals surface area (Å²) in [6.45, 7) is 0. The minimum Gasteiger partial charge on any atom is -0.361 e. The van der Waals surface area contributed by atoms with Crippen LogP contribution in [-0.2, 0) is 12.8 Å². The van der Waals surface area contributed by atoms with Crippen LogP contribution >= 0.6 is 0 Å². The van der Waals surface area contributed by atoms with E-state index in [2.05, 4.69) is 32.8 Å². The van der Waals surface area contributed by atoms with Crippen LogP contribution in [0.15, 0.2) is 61.3 Å². The summed E-state index contributed by atoms with van der Waals surface area (Å²) in [5, 5.41) is 6.24. The summed E-state index contributed by atoms with van der Waals surface area (Å²) in [4.78, 5) is 8.21. The van der Waals surface area contributed by atoms with Gasteiger partial charge in [-0.2, -0.15) is 0 Å². The smallest absolute Gasteiger partial charge is 0.0676 e. The summed E-state index contributed by atoms with van der Waals surface area (Å²) < 4.78 is 0. The maximum absolute atomic E-state index is 4.21. The lowest BCUT2D eigenvalue weighted by Crippen LogP contribution is -2.00. The Kier molecular flexibility index (Phi) is 3.73. The van der Waals surface area contributed by atoms with Crippen LogP contribution in [0.1, 0.15) is 11.3 Å². The van der Waals surface area contributed by atoms with Gasteiger partial charge in [0.1, 0.15) is 0 Å². The first-order valence-corrected chi connectivity index (χ1v) is 6.63. The van der Waals surface area contributed by atoms with Crippen molar-refractivity contribution in [2.24, 2.45) is 0 Å². The molecule has 0 amide bonds. The molecule has 2 aliphatic rings. The molecule has 0 bridgehead atoms. The van der Waals surface area contributed by atoms with Crippen molar-refractivity contribution >= 4 is 11.4 Å². The molecule has 0 aliphatic carbocycles. The quantitative estimate of drug-likeness (QED) is 0.767. The van der Waals surface area contributed by atoms with Crippen molar-refractivity contribution in [3.63, 3.8) is 0 Å². The number of hydrogen-bond donors (Lipinski definition) is 2. The van der Waals surface area contributed by atoms with E-state index in [1.54, 1.807) is 0 Å². The fraction of sp³-hybridized carbons (Fsp3) is 0.125. The Hall–Kier alpha value is -2.62. The lowest BCUT2D eigenvalue weighted by molar-refractivity contribution is 1.09. The summed E-state index contributed by atoms with van der Waals surface area (Å²) in [5.74, 6) is 0. The first-order valence-electron chi connectivity index (χ1n) is 6.63. The Morgan fingerprint density at radius 2 is 1.75 bits per heavy atom. The number of nitrogens with one attached hydrogen (secondary N) is 2. The Labute approximate surface area is 118 Å². The molecule has 2 aromatic heterocycles. The van der Waals surface area contributed by atoms with Gasteiger partial charge >= 0.3 is 0 Å². The van der Waals surface area contributed by atoms with Crippen LogP contribution in [0.3, 0.4) is 0 Å². The minimum atomic E-state index is 0.948. The van der Waals surface area contributed by atoms with Gasteiger partial charge in [0.25, 0.3) is 0 Å². The predicted octanol–water partition coefficient (Wildman–Crippen LogP) is 3.13. The van der Waals surface area contributed by atoms with Gasteiger partial charge in [0.05, 0.1) is 23.3 Å². The molecule has 20 heavy (non-hydrogen) atoms. The molecule has 4 nitrogen and oxygen atoms in total. The number of nitrogens with zero attached hydrogens (tertiary/aromatic N) is 2. The molecule has 100 valence electrons. The van der Waals surface area contributed by atoms with Crippen LogP contribution in [0.4, 0.5) is 11.4 Å². The van der Waals surface area contributed by atoms with E-state index in [-0.39, 0.29) is 0 Å². The van der Waals surface area contributed by atoms with Crippen LogP contribution in [0, 0.1) is 0 Å². The van der Waals surface area contributed by atoms with Crippen LogP contribution in [0.25, 0.3) is 0 Å². The molecule has 0 aromatic carbocycles. The zero-order chi connectivity index (χ0) is 13.6.